The van der Waals surface area contributed by atoms with Gasteiger partial charge in [0.1, 0.15) is 5.37 Å². The fourth-order valence-corrected chi connectivity index (χ4v) is 4.92. The lowest BCUT2D eigenvalue weighted by Gasteiger charge is -2.34. The Bertz CT molecular complexity index is 368. The van der Waals surface area contributed by atoms with Crippen molar-refractivity contribution < 1.29 is 8.42 Å². The summed E-state index contributed by atoms with van der Waals surface area (Å²) in [6, 6.07) is 0. The SMILES string of the molecule is C=C(CNCCC)CN1CCSCC1S(C)(=O)=O. The molecule has 0 bridgehead atoms. The molecule has 0 aliphatic carbocycles. The summed E-state index contributed by atoms with van der Waals surface area (Å²) in [5, 5.41) is 2.95. The first kappa shape index (κ1) is 16.0. The van der Waals surface area contributed by atoms with Crippen molar-refractivity contribution in [3.05, 3.63) is 12.2 Å². The van der Waals surface area contributed by atoms with Gasteiger partial charge in [0.25, 0.3) is 0 Å². The monoisotopic (exact) mass is 292 g/mol. The van der Waals surface area contributed by atoms with Crippen LogP contribution in [-0.2, 0) is 9.84 Å². The van der Waals surface area contributed by atoms with Gasteiger partial charge in [-0.15, -0.1) is 0 Å². The number of thioether (sulfide) groups is 1. The molecule has 1 fully saturated rings. The molecule has 1 aliphatic rings. The highest BCUT2D eigenvalue weighted by atomic mass is 32.2. The van der Waals surface area contributed by atoms with E-state index in [9.17, 15) is 8.42 Å². The third-order valence-corrected chi connectivity index (χ3v) is 5.60. The Hall–Kier alpha value is -0.0400. The van der Waals surface area contributed by atoms with E-state index >= 15 is 0 Å². The number of hydrogen-bond acceptors (Lipinski definition) is 5. The van der Waals surface area contributed by atoms with E-state index in [0.29, 0.717) is 12.3 Å². The Morgan fingerprint density at radius 3 is 2.89 bits per heavy atom. The van der Waals surface area contributed by atoms with E-state index in [1.165, 1.54) is 6.26 Å². The predicted octanol–water partition coefficient (Wildman–Crippen LogP) is 0.962. The third kappa shape index (κ3) is 5.30. The summed E-state index contributed by atoms with van der Waals surface area (Å²) in [5.74, 6) is 1.68. The van der Waals surface area contributed by atoms with Crippen molar-refractivity contribution in [1.82, 2.24) is 10.2 Å². The smallest absolute Gasteiger partial charge is 0.164 e. The van der Waals surface area contributed by atoms with Gasteiger partial charge < -0.3 is 5.32 Å². The highest BCUT2D eigenvalue weighted by Crippen LogP contribution is 2.20. The zero-order chi connectivity index (χ0) is 13.6. The molecule has 1 heterocycles. The van der Waals surface area contributed by atoms with Crippen molar-refractivity contribution in [1.29, 1.82) is 0 Å². The number of nitrogens with one attached hydrogen (secondary N) is 1. The van der Waals surface area contributed by atoms with Crippen LogP contribution in [0.4, 0.5) is 0 Å². The molecule has 1 aliphatic heterocycles. The molecule has 1 rings (SSSR count). The van der Waals surface area contributed by atoms with Crippen LogP contribution < -0.4 is 5.32 Å². The third-order valence-electron chi connectivity index (χ3n) is 2.91. The van der Waals surface area contributed by atoms with Gasteiger partial charge in [0.2, 0.25) is 0 Å². The molecule has 1 atom stereocenters. The van der Waals surface area contributed by atoms with Gasteiger partial charge in [0.05, 0.1) is 0 Å². The van der Waals surface area contributed by atoms with Gasteiger partial charge in [-0.3, -0.25) is 4.90 Å². The first-order chi connectivity index (χ1) is 8.45. The second-order valence-corrected chi connectivity index (χ2v) is 8.11. The van der Waals surface area contributed by atoms with Gasteiger partial charge in [0, 0.05) is 37.4 Å². The maximum Gasteiger partial charge on any atom is 0.164 e. The standard InChI is InChI=1S/C12H24N2O2S2/c1-4-5-13-8-11(2)9-14-6-7-17-10-12(14)18(3,15)16/h12-13H,2,4-10H2,1,3H3. The van der Waals surface area contributed by atoms with Crippen LogP contribution in [0.5, 0.6) is 0 Å². The predicted molar refractivity (Wildman–Crippen MR) is 79.8 cm³/mol. The summed E-state index contributed by atoms with van der Waals surface area (Å²) >= 11 is 1.72. The maximum atomic E-state index is 11.7. The summed E-state index contributed by atoms with van der Waals surface area (Å²) in [5.41, 5.74) is 1.06. The van der Waals surface area contributed by atoms with Crippen LogP contribution in [0, 0.1) is 0 Å². The van der Waals surface area contributed by atoms with Crippen LogP contribution in [0.15, 0.2) is 12.2 Å². The lowest BCUT2D eigenvalue weighted by atomic mass is 10.2. The van der Waals surface area contributed by atoms with Crippen molar-refractivity contribution in [2.45, 2.75) is 18.7 Å². The fraction of sp³-hybridized carbons (Fsp3) is 0.833. The van der Waals surface area contributed by atoms with Crippen LogP contribution in [0.3, 0.4) is 0 Å². The molecule has 0 spiro atoms. The van der Waals surface area contributed by atoms with Crippen LogP contribution in [0.1, 0.15) is 13.3 Å². The summed E-state index contributed by atoms with van der Waals surface area (Å²) in [6.45, 7) is 9.41. The molecule has 0 aromatic heterocycles. The highest BCUT2D eigenvalue weighted by Gasteiger charge is 2.30. The minimum atomic E-state index is -3.00. The Kier molecular flexibility index (Phi) is 6.70. The molecule has 0 radical (unpaired) electrons. The van der Waals surface area contributed by atoms with E-state index in [2.05, 4.69) is 18.8 Å². The number of nitrogens with zero attached hydrogens (tertiary/aromatic N) is 1. The lowest BCUT2D eigenvalue weighted by molar-refractivity contribution is 0.291. The molecule has 0 aromatic rings. The molecular weight excluding hydrogens is 268 g/mol. The van der Waals surface area contributed by atoms with Gasteiger partial charge in [-0.05, 0) is 18.5 Å². The van der Waals surface area contributed by atoms with E-state index in [0.717, 1.165) is 37.4 Å². The van der Waals surface area contributed by atoms with Gasteiger partial charge in [0.15, 0.2) is 9.84 Å². The molecule has 6 heteroatoms. The van der Waals surface area contributed by atoms with E-state index in [1.807, 2.05) is 4.90 Å². The normalized spacial score (nSPS) is 22.0. The molecule has 18 heavy (non-hydrogen) atoms. The zero-order valence-electron chi connectivity index (χ0n) is 11.3. The highest BCUT2D eigenvalue weighted by molar-refractivity contribution is 8.00. The molecule has 0 amide bonds. The zero-order valence-corrected chi connectivity index (χ0v) is 12.9. The van der Waals surface area contributed by atoms with Gasteiger partial charge in [-0.1, -0.05) is 13.5 Å². The molecular formula is C12H24N2O2S2. The molecule has 1 unspecified atom stereocenters. The van der Waals surface area contributed by atoms with Crippen molar-refractivity contribution in [2.24, 2.45) is 0 Å². The second-order valence-electron chi connectivity index (χ2n) is 4.76. The minimum absolute atomic E-state index is 0.348. The van der Waals surface area contributed by atoms with E-state index in [1.54, 1.807) is 11.8 Å². The van der Waals surface area contributed by atoms with Crippen molar-refractivity contribution in [3.63, 3.8) is 0 Å². The molecule has 4 nitrogen and oxygen atoms in total. The molecule has 106 valence electrons. The van der Waals surface area contributed by atoms with Crippen LogP contribution in [-0.4, -0.2) is 62.6 Å². The fourth-order valence-electron chi connectivity index (χ4n) is 1.98. The van der Waals surface area contributed by atoms with Crippen LogP contribution in [0.2, 0.25) is 0 Å². The van der Waals surface area contributed by atoms with Crippen molar-refractivity contribution >= 4 is 21.6 Å². The van der Waals surface area contributed by atoms with E-state index in [4.69, 9.17) is 0 Å². The average molecular weight is 292 g/mol. The Morgan fingerprint density at radius 1 is 1.56 bits per heavy atom. The quantitative estimate of drug-likeness (QED) is 0.559. The Balaban J connectivity index is 2.49. The topological polar surface area (TPSA) is 49.4 Å². The van der Waals surface area contributed by atoms with Gasteiger partial charge in [-0.2, -0.15) is 11.8 Å². The minimum Gasteiger partial charge on any atom is -0.313 e. The molecule has 0 saturated carbocycles. The van der Waals surface area contributed by atoms with Crippen molar-refractivity contribution in [3.8, 4) is 0 Å². The number of hydrogen-bond donors (Lipinski definition) is 1. The average Bonchev–Trinajstić information content (AvgIpc) is 2.28. The Morgan fingerprint density at radius 2 is 2.28 bits per heavy atom. The lowest BCUT2D eigenvalue weighted by Crippen LogP contribution is -2.48. The van der Waals surface area contributed by atoms with Crippen LogP contribution in [0.25, 0.3) is 0 Å². The Labute approximate surface area is 115 Å². The van der Waals surface area contributed by atoms with Gasteiger partial charge >= 0.3 is 0 Å². The second kappa shape index (κ2) is 7.53. The summed E-state index contributed by atoms with van der Waals surface area (Å²) in [7, 11) is -3.00. The summed E-state index contributed by atoms with van der Waals surface area (Å²) in [4.78, 5) is 2.04. The van der Waals surface area contributed by atoms with Crippen molar-refractivity contribution in [2.75, 3.05) is 43.9 Å². The summed E-state index contributed by atoms with van der Waals surface area (Å²) in [6.07, 6.45) is 2.42. The first-order valence-electron chi connectivity index (χ1n) is 6.33. The van der Waals surface area contributed by atoms with Crippen LogP contribution >= 0.6 is 11.8 Å². The van der Waals surface area contributed by atoms with E-state index in [-0.39, 0.29) is 5.37 Å². The van der Waals surface area contributed by atoms with Gasteiger partial charge in [-0.25, -0.2) is 8.42 Å². The summed E-state index contributed by atoms with van der Waals surface area (Å²) < 4.78 is 23.5. The van der Waals surface area contributed by atoms with E-state index < -0.39 is 9.84 Å². The number of rotatable bonds is 7. The first-order valence-corrected chi connectivity index (χ1v) is 9.44. The largest absolute Gasteiger partial charge is 0.313 e. The molecule has 1 N–H and O–H groups in total. The maximum absolute atomic E-state index is 11.7. The number of sulfone groups is 1. The molecule has 0 aromatic carbocycles. The molecule has 1 saturated heterocycles.